The molecule has 1 aromatic heterocycles. The molecular weight excluding hydrogens is 236 g/mol. The van der Waals surface area contributed by atoms with Crippen LogP contribution in [0.2, 0.25) is 0 Å². The lowest BCUT2D eigenvalue weighted by molar-refractivity contribution is 0.426. The van der Waals surface area contributed by atoms with Crippen molar-refractivity contribution in [3.05, 3.63) is 5.69 Å². The molecule has 0 aliphatic heterocycles. The van der Waals surface area contributed by atoms with Gasteiger partial charge in [-0.3, -0.25) is 0 Å². The van der Waals surface area contributed by atoms with Gasteiger partial charge in [0.05, 0.1) is 11.4 Å². The van der Waals surface area contributed by atoms with Gasteiger partial charge in [0.15, 0.2) is 0 Å². The third-order valence-electron chi connectivity index (χ3n) is 4.57. The summed E-state index contributed by atoms with van der Waals surface area (Å²) >= 11 is 0. The van der Waals surface area contributed by atoms with E-state index in [1.54, 1.807) is 0 Å². The second-order valence-electron chi connectivity index (χ2n) is 6.29. The fourth-order valence-electron chi connectivity index (χ4n) is 3.14. The predicted octanol–water partition coefficient (Wildman–Crippen LogP) is 3.03. The first-order valence-corrected chi connectivity index (χ1v) is 7.77. The van der Waals surface area contributed by atoms with Crippen molar-refractivity contribution in [2.75, 3.05) is 17.6 Å². The molecule has 3 rings (SSSR count). The third kappa shape index (κ3) is 2.72. The van der Waals surface area contributed by atoms with E-state index in [1.807, 2.05) is 11.6 Å². The zero-order chi connectivity index (χ0) is 13.4. The first kappa shape index (κ1) is 12.8. The Hall–Kier alpha value is -1.19. The predicted molar refractivity (Wildman–Crippen MR) is 79.1 cm³/mol. The number of rotatable bonds is 7. The van der Waals surface area contributed by atoms with E-state index in [0.29, 0.717) is 0 Å². The Kier molecular flexibility index (Phi) is 3.42. The third-order valence-corrected chi connectivity index (χ3v) is 4.57. The van der Waals surface area contributed by atoms with Crippen LogP contribution in [0.4, 0.5) is 11.5 Å². The van der Waals surface area contributed by atoms with Crippen LogP contribution < -0.4 is 11.1 Å². The summed E-state index contributed by atoms with van der Waals surface area (Å²) in [4.78, 5) is 0. The van der Waals surface area contributed by atoms with Crippen LogP contribution in [-0.4, -0.2) is 16.3 Å². The van der Waals surface area contributed by atoms with Gasteiger partial charge < -0.3 is 11.1 Å². The maximum Gasteiger partial charge on any atom is 0.148 e. The maximum atomic E-state index is 6.16. The summed E-state index contributed by atoms with van der Waals surface area (Å²) in [6.07, 6.45) is 6.83. The van der Waals surface area contributed by atoms with Crippen LogP contribution in [0.1, 0.15) is 44.7 Å². The normalized spacial score (nSPS) is 19.1. The lowest BCUT2D eigenvalue weighted by atomic mass is 9.98. The SMILES string of the molecule is CCCn1nc(C)c(N)c1NCC(C1CC1)C1CC1. The zero-order valence-corrected chi connectivity index (χ0v) is 12.2. The highest BCUT2D eigenvalue weighted by molar-refractivity contribution is 5.64. The molecule has 0 bridgehead atoms. The average Bonchev–Trinajstić information content (AvgIpc) is 3.27. The highest BCUT2D eigenvalue weighted by Gasteiger charge is 2.41. The fraction of sp³-hybridized carbons (Fsp3) is 0.800. The van der Waals surface area contributed by atoms with Gasteiger partial charge in [0, 0.05) is 13.1 Å². The topological polar surface area (TPSA) is 55.9 Å². The van der Waals surface area contributed by atoms with E-state index in [2.05, 4.69) is 17.3 Å². The number of hydrogen-bond donors (Lipinski definition) is 2. The molecule has 0 aromatic carbocycles. The number of aromatic nitrogens is 2. The quantitative estimate of drug-likeness (QED) is 0.794. The van der Waals surface area contributed by atoms with Gasteiger partial charge in [-0.05, 0) is 56.8 Å². The van der Waals surface area contributed by atoms with Crippen molar-refractivity contribution in [1.29, 1.82) is 0 Å². The smallest absolute Gasteiger partial charge is 0.148 e. The molecule has 106 valence electrons. The number of anilines is 2. The molecule has 1 aromatic rings. The molecule has 4 heteroatoms. The molecule has 0 unspecified atom stereocenters. The number of aryl methyl sites for hydroxylation is 2. The second-order valence-corrected chi connectivity index (χ2v) is 6.29. The first-order valence-electron chi connectivity index (χ1n) is 7.77. The Balaban J connectivity index is 1.67. The van der Waals surface area contributed by atoms with Crippen LogP contribution in [0.5, 0.6) is 0 Å². The summed E-state index contributed by atoms with van der Waals surface area (Å²) in [7, 11) is 0. The van der Waals surface area contributed by atoms with Crippen LogP contribution in [0.25, 0.3) is 0 Å². The van der Waals surface area contributed by atoms with Gasteiger partial charge in [-0.15, -0.1) is 0 Å². The van der Waals surface area contributed by atoms with Crippen LogP contribution in [0.3, 0.4) is 0 Å². The standard InChI is InChI=1S/C15H26N4/c1-3-8-19-15(14(16)10(2)18-19)17-9-13(11-4-5-11)12-6-7-12/h11-13,17H,3-9,16H2,1-2H3. The molecule has 0 atom stereocenters. The van der Waals surface area contributed by atoms with Crippen molar-refractivity contribution in [2.45, 2.75) is 52.5 Å². The van der Waals surface area contributed by atoms with Crippen molar-refractivity contribution >= 4 is 11.5 Å². The number of nitrogens with one attached hydrogen (secondary N) is 1. The van der Waals surface area contributed by atoms with E-state index in [1.165, 1.54) is 25.7 Å². The minimum Gasteiger partial charge on any atom is -0.394 e. The first-order chi connectivity index (χ1) is 9.20. The molecule has 2 aliphatic rings. The molecule has 2 aliphatic carbocycles. The van der Waals surface area contributed by atoms with Crippen molar-refractivity contribution in [2.24, 2.45) is 17.8 Å². The largest absolute Gasteiger partial charge is 0.394 e. The fourth-order valence-corrected chi connectivity index (χ4v) is 3.14. The summed E-state index contributed by atoms with van der Waals surface area (Å²) in [5.74, 6) is 3.87. The maximum absolute atomic E-state index is 6.16. The van der Waals surface area contributed by atoms with Gasteiger partial charge in [0.2, 0.25) is 0 Å². The second kappa shape index (κ2) is 5.06. The minimum absolute atomic E-state index is 0.832. The molecule has 0 saturated heterocycles. The van der Waals surface area contributed by atoms with Crippen molar-refractivity contribution in [1.82, 2.24) is 9.78 Å². The highest BCUT2D eigenvalue weighted by atomic mass is 15.3. The van der Waals surface area contributed by atoms with Gasteiger partial charge in [0.1, 0.15) is 5.82 Å². The lowest BCUT2D eigenvalue weighted by Gasteiger charge is -2.18. The Morgan fingerprint density at radius 3 is 2.47 bits per heavy atom. The molecule has 4 nitrogen and oxygen atoms in total. The molecule has 19 heavy (non-hydrogen) atoms. The Bertz CT molecular complexity index is 431. The van der Waals surface area contributed by atoms with Crippen molar-refractivity contribution < 1.29 is 0 Å². The minimum atomic E-state index is 0.832. The van der Waals surface area contributed by atoms with E-state index in [-0.39, 0.29) is 0 Å². The molecule has 2 fully saturated rings. The van der Waals surface area contributed by atoms with Gasteiger partial charge in [-0.2, -0.15) is 5.10 Å². The summed E-state index contributed by atoms with van der Waals surface area (Å²) in [5, 5.41) is 8.13. The monoisotopic (exact) mass is 262 g/mol. The van der Waals surface area contributed by atoms with Gasteiger partial charge in [0.25, 0.3) is 0 Å². The van der Waals surface area contributed by atoms with E-state index in [9.17, 15) is 0 Å². The van der Waals surface area contributed by atoms with Gasteiger partial charge >= 0.3 is 0 Å². The summed E-state index contributed by atoms with van der Waals surface area (Å²) in [6.45, 7) is 6.19. The summed E-state index contributed by atoms with van der Waals surface area (Å²) in [5.41, 5.74) is 7.94. The summed E-state index contributed by atoms with van der Waals surface area (Å²) in [6, 6.07) is 0. The molecule has 0 spiro atoms. The van der Waals surface area contributed by atoms with Crippen molar-refractivity contribution in [3.63, 3.8) is 0 Å². The molecule has 0 radical (unpaired) electrons. The van der Waals surface area contributed by atoms with E-state index >= 15 is 0 Å². The molecule has 0 amide bonds. The highest BCUT2D eigenvalue weighted by Crippen LogP contribution is 2.49. The van der Waals surface area contributed by atoms with E-state index in [0.717, 1.165) is 54.5 Å². The molecule has 3 N–H and O–H groups in total. The van der Waals surface area contributed by atoms with Gasteiger partial charge in [-0.1, -0.05) is 6.92 Å². The van der Waals surface area contributed by atoms with E-state index in [4.69, 9.17) is 5.73 Å². The number of nitrogens with zero attached hydrogens (tertiary/aromatic N) is 2. The number of nitrogen functional groups attached to an aromatic ring is 1. The number of hydrogen-bond acceptors (Lipinski definition) is 3. The lowest BCUT2D eigenvalue weighted by Crippen LogP contribution is -2.20. The zero-order valence-electron chi connectivity index (χ0n) is 12.2. The number of nitrogens with two attached hydrogens (primary N) is 1. The summed E-state index contributed by atoms with van der Waals surface area (Å²) < 4.78 is 2.04. The van der Waals surface area contributed by atoms with Gasteiger partial charge in [-0.25, -0.2) is 4.68 Å². The van der Waals surface area contributed by atoms with Crippen LogP contribution in [0, 0.1) is 24.7 Å². The van der Waals surface area contributed by atoms with Crippen LogP contribution in [0.15, 0.2) is 0 Å². The Labute approximate surface area is 115 Å². The van der Waals surface area contributed by atoms with Crippen molar-refractivity contribution in [3.8, 4) is 0 Å². The van der Waals surface area contributed by atoms with Crippen LogP contribution >= 0.6 is 0 Å². The van der Waals surface area contributed by atoms with Crippen LogP contribution in [-0.2, 0) is 6.54 Å². The average molecular weight is 262 g/mol. The molecular formula is C15H26N4. The Morgan fingerprint density at radius 1 is 1.32 bits per heavy atom. The molecule has 1 heterocycles. The molecule has 2 saturated carbocycles. The van der Waals surface area contributed by atoms with E-state index < -0.39 is 0 Å². The Morgan fingerprint density at radius 2 is 1.95 bits per heavy atom.